The maximum atomic E-state index is 12.3. The molecule has 174 valence electrons. The van der Waals surface area contributed by atoms with E-state index < -0.39 is 17.8 Å². The van der Waals surface area contributed by atoms with Crippen LogP contribution in [0.5, 0.6) is 0 Å². The molecular formula is C27H31NO5. The first-order valence-corrected chi connectivity index (χ1v) is 11.1. The minimum absolute atomic E-state index is 0.00309. The normalized spacial score (nSPS) is 11.2. The highest BCUT2D eigenvalue weighted by Gasteiger charge is 2.21. The highest BCUT2D eigenvalue weighted by atomic mass is 16.7. The Morgan fingerprint density at radius 3 is 2.09 bits per heavy atom. The van der Waals surface area contributed by atoms with Crippen LogP contribution < -0.4 is 0 Å². The van der Waals surface area contributed by atoms with Crippen LogP contribution in [0.3, 0.4) is 0 Å². The fourth-order valence-electron chi connectivity index (χ4n) is 3.63. The number of amides is 1. The third kappa shape index (κ3) is 6.72. The number of hydrogen-bond donors (Lipinski definition) is 0. The first-order valence-electron chi connectivity index (χ1n) is 11.1. The highest BCUT2D eigenvalue weighted by molar-refractivity contribution is 6.02. The second-order valence-corrected chi connectivity index (χ2v) is 8.71. The summed E-state index contributed by atoms with van der Waals surface area (Å²) in [6, 6.07) is 18.6. The molecule has 33 heavy (non-hydrogen) atoms. The average molecular weight is 450 g/mol. The largest absolute Gasteiger partial charge is 0.508 e. The molecule has 3 rings (SSSR count). The number of rotatable bonds is 8. The van der Waals surface area contributed by atoms with Crippen molar-refractivity contribution >= 4 is 33.8 Å². The third-order valence-electron chi connectivity index (χ3n) is 5.04. The number of ether oxygens (including phenoxy) is 3. The number of fused-ring (bicyclic) bond motifs is 2. The fourth-order valence-corrected chi connectivity index (χ4v) is 3.63. The summed E-state index contributed by atoms with van der Waals surface area (Å²) in [4.78, 5) is 25.8. The number of carbonyl (C=O) groups is 2. The van der Waals surface area contributed by atoms with Crippen LogP contribution in [0, 0.1) is 0 Å². The van der Waals surface area contributed by atoms with Crippen molar-refractivity contribution in [2.24, 2.45) is 0 Å². The molecule has 0 heterocycles. The average Bonchev–Trinajstić information content (AvgIpc) is 2.77. The molecule has 0 aromatic heterocycles. The molecular weight excluding hydrogens is 418 g/mol. The molecule has 0 radical (unpaired) electrons. The predicted octanol–water partition coefficient (Wildman–Crippen LogP) is 6.11. The fraction of sp³-hybridized carbons (Fsp3) is 0.333. The Morgan fingerprint density at radius 2 is 1.52 bits per heavy atom. The molecule has 0 aliphatic heterocycles. The van der Waals surface area contributed by atoms with Crippen LogP contribution in [-0.2, 0) is 20.6 Å². The monoisotopic (exact) mass is 449 g/mol. The number of benzene rings is 3. The van der Waals surface area contributed by atoms with Crippen molar-refractivity contribution in [2.75, 3.05) is 26.3 Å². The molecule has 0 bridgehead atoms. The van der Waals surface area contributed by atoms with Gasteiger partial charge in [0, 0.05) is 13.0 Å². The first-order chi connectivity index (χ1) is 15.8. The predicted molar refractivity (Wildman–Crippen MR) is 130 cm³/mol. The van der Waals surface area contributed by atoms with Crippen molar-refractivity contribution in [1.82, 2.24) is 4.90 Å². The maximum absolute atomic E-state index is 12.3. The lowest BCUT2D eigenvalue weighted by molar-refractivity contribution is 0.0172. The summed E-state index contributed by atoms with van der Waals surface area (Å²) in [5, 5.41) is 4.59. The summed E-state index contributed by atoms with van der Waals surface area (Å²) in [5.41, 5.74) is 0.529. The Kier molecular flexibility index (Phi) is 7.93. The molecule has 3 aromatic carbocycles. The molecule has 0 saturated carbocycles. The van der Waals surface area contributed by atoms with Gasteiger partial charge in [0.15, 0.2) is 0 Å². The zero-order chi connectivity index (χ0) is 23.8. The number of hydrogen-bond acceptors (Lipinski definition) is 5. The van der Waals surface area contributed by atoms with Gasteiger partial charge in [-0.3, -0.25) is 0 Å². The molecule has 3 aromatic rings. The van der Waals surface area contributed by atoms with Gasteiger partial charge >= 0.3 is 12.2 Å². The van der Waals surface area contributed by atoms with E-state index in [1.165, 1.54) is 4.90 Å². The molecule has 6 heteroatoms. The summed E-state index contributed by atoms with van der Waals surface area (Å²) in [5.74, 6) is 0. The maximum Gasteiger partial charge on any atom is 0.508 e. The summed E-state index contributed by atoms with van der Waals surface area (Å²) in [6.07, 6.45) is 0.915. The molecule has 1 amide bonds. The second kappa shape index (κ2) is 10.9. The minimum atomic E-state index is -0.762. The zero-order valence-electron chi connectivity index (χ0n) is 19.5. The van der Waals surface area contributed by atoms with E-state index in [2.05, 4.69) is 36.9 Å². The van der Waals surface area contributed by atoms with E-state index in [0.717, 1.165) is 27.1 Å². The Labute approximate surface area is 194 Å². The highest BCUT2D eigenvalue weighted by Crippen LogP contribution is 2.28. The van der Waals surface area contributed by atoms with Gasteiger partial charge in [0.2, 0.25) is 0 Å². The van der Waals surface area contributed by atoms with Crippen molar-refractivity contribution in [3.05, 3.63) is 72.8 Å². The van der Waals surface area contributed by atoms with Gasteiger partial charge in [0.05, 0.1) is 13.2 Å². The first kappa shape index (κ1) is 24.1. The van der Waals surface area contributed by atoms with Gasteiger partial charge in [0.1, 0.15) is 12.2 Å². The van der Waals surface area contributed by atoms with Gasteiger partial charge in [-0.05, 0) is 53.9 Å². The minimum Gasteiger partial charge on any atom is -0.444 e. The van der Waals surface area contributed by atoms with Crippen molar-refractivity contribution < 1.29 is 23.8 Å². The summed E-state index contributed by atoms with van der Waals surface area (Å²) in [7, 11) is 0. The van der Waals surface area contributed by atoms with Gasteiger partial charge in [-0.1, -0.05) is 54.6 Å². The van der Waals surface area contributed by atoms with Crippen molar-refractivity contribution in [3.8, 4) is 0 Å². The molecule has 0 aliphatic carbocycles. The summed E-state index contributed by atoms with van der Waals surface area (Å²) >= 11 is 0. The lowest BCUT2D eigenvalue weighted by atomic mass is 9.95. The van der Waals surface area contributed by atoms with E-state index in [1.54, 1.807) is 26.8 Å². The molecule has 0 saturated heterocycles. The SMILES string of the molecule is C=CCN(CCOC(=O)OCCc1c2ccccc2cc2ccccc12)C(=O)OC(C)(C)C. The molecule has 0 atom stereocenters. The van der Waals surface area contributed by atoms with E-state index in [4.69, 9.17) is 14.2 Å². The van der Waals surface area contributed by atoms with Crippen molar-refractivity contribution in [2.45, 2.75) is 32.8 Å². The van der Waals surface area contributed by atoms with E-state index in [-0.39, 0.29) is 19.8 Å². The summed E-state index contributed by atoms with van der Waals surface area (Å²) < 4.78 is 15.8. The molecule has 0 aliphatic rings. The van der Waals surface area contributed by atoms with Gasteiger partial charge in [-0.2, -0.15) is 0 Å². The molecule has 0 spiro atoms. The summed E-state index contributed by atoms with van der Waals surface area (Å²) in [6.45, 7) is 9.71. The lowest BCUT2D eigenvalue weighted by Crippen LogP contribution is -2.39. The van der Waals surface area contributed by atoms with Crippen LogP contribution in [0.25, 0.3) is 21.5 Å². The van der Waals surface area contributed by atoms with Gasteiger partial charge < -0.3 is 19.1 Å². The van der Waals surface area contributed by atoms with Crippen molar-refractivity contribution in [3.63, 3.8) is 0 Å². The topological polar surface area (TPSA) is 65.1 Å². The quantitative estimate of drug-likeness (QED) is 0.236. The van der Waals surface area contributed by atoms with Crippen LogP contribution >= 0.6 is 0 Å². The van der Waals surface area contributed by atoms with Crippen LogP contribution in [-0.4, -0.2) is 49.1 Å². The molecule has 6 nitrogen and oxygen atoms in total. The lowest BCUT2D eigenvalue weighted by Gasteiger charge is -2.26. The van der Waals surface area contributed by atoms with E-state index in [0.29, 0.717) is 13.0 Å². The Bertz CT molecular complexity index is 1080. The van der Waals surface area contributed by atoms with E-state index >= 15 is 0 Å². The Balaban J connectivity index is 1.55. The van der Waals surface area contributed by atoms with Crippen LogP contribution in [0.2, 0.25) is 0 Å². The van der Waals surface area contributed by atoms with Gasteiger partial charge in [-0.25, -0.2) is 9.59 Å². The zero-order valence-corrected chi connectivity index (χ0v) is 19.5. The van der Waals surface area contributed by atoms with E-state index in [1.807, 2.05) is 24.3 Å². The van der Waals surface area contributed by atoms with Crippen LogP contribution in [0.1, 0.15) is 26.3 Å². The Morgan fingerprint density at radius 1 is 0.939 bits per heavy atom. The molecule has 0 unspecified atom stereocenters. The number of carbonyl (C=O) groups excluding carboxylic acids is 2. The van der Waals surface area contributed by atoms with Gasteiger partial charge in [0.25, 0.3) is 0 Å². The van der Waals surface area contributed by atoms with Crippen LogP contribution in [0.15, 0.2) is 67.3 Å². The Hall–Kier alpha value is -3.54. The number of nitrogens with zero attached hydrogens (tertiary/aromatic N) is 1. The standard InChI is InChI=1S/C27H31NO5/c1-5-15-28(25(29)33-27(2,3)4)16-18-32-26(30)31-17-14-24-22-12-8-6-10-20(22)19-21-11-7-9-13-23(21)24/h5-13,19H,1,14-18H2,2-4H3. The van der Waals surface area contributed by atoms with Crippen molar-refractivity contribution in [1.29, 1.82) is 0 Å². The molecule has 0 fully saturated rings. The third-order valence-corrected chi connectivity index (χ3v) is 5.04. The molecule has 0 N–H and O–H groups in total. The second-order valence-electron chi connectivity index (χ2n) is 8.71. The van der Waals surface area contributed by atoms with Crippen LogP contribution in [0.4, 0.5) is 9.59 Å². The van der Waals surface area contributed by atoms with E-state index in [9.17, 15) is 9.59 Å². The smallest absolute Gasteiger partial charge is 0.444 e. The van der Waals surface area contributed by atoms with Gasteiger partial charge in [-0.15, -0.1) is 6.58 Å².